The van der Waals surface area contributed by atoms with E-state index < -0.39 is 0 Å². The van der Waals surface area contributed by atoms with Crippen molar-refractivity contribution in [3.05, 3.63) is 53.1 Å². The number of fused-ring (bicyclic) bond motifs is 1. The van der Waals surface area contributed by atoms with Crippen LogP contribution in [0.3, 0.4) is 0 Å². The summed E-state index contributed by atoms with van der Waals surface area (Å²) >= 11 is 0. The molecule has 0 aliphatic carbocycles. The molecule has 3 rings (SSSR count). The van der Waals surface area contributed by atoms with Gasteiger partial charge in [0, 0.05) is 36.2 Å². The molecular weight excluding hydrogens is 404 g/mol. The lowest BCUT2D eigenvalue weighted by Crippen LogP contribution is -2.34. The SMILES string of the molecule is CCCN(CCC)C(=O)C1=Cc2ccc(-c3ccc(C=O)c(NC=O)c3)cc2N=C(N)C1. The van der Waals surface area contributed by atoms with Gasteiger partial charge in [0.1, 0.15) is 5.84 Å². The minimum absolute atomic E-state index is 0.00203. The van der Waals surface area contributed by atoms with Crippen LogP contribution in [0.2, 0.25) is 0 Å². The number of anilines is 1. The molecule has 166 valence electrons. The third-order valence-corrected chi connectivity index (χ3v) is 5.27. The van der Waals surface area contributed by atoms with Crippen molar-refractivity contribution < 1.29 is 14.4 Å². The second-order valence-corrected chi connectivity index (χ2v) is 7.70. The number of amidine groups is 1. The summed E-state index contributed by atoms with van der Waals surface area (Å²) in [5, 5.41) is 2.55. The summed E-state index contributed by atoms with van der Waals surface area (Å²) in [6.07, 6.45) is 5.20. The molecular formula is C25H28N4O3. The van der Waals surface area contributed by atoms with Crippen molar-refractivity contribution in [1.29, 1.82) is 0 Å². The summed E-state index contributed by atoms with van der Waals surface area (Å²) in [6, 6.07) is 10.9. The maximum Gasteiger partial charge on any atom is 0.250 e. The monoisotopic (exact) mass is 432 g/mol. The molecule has 0 unspecified atom stereocenters. The Hall–Kier alpha value is -3.74. The van der Waals surface area contributed by atoms with Crippen molar-refractivity contribution in [2.45, 2.75) is 33.1 Å². The van der Waals surface area contributed by atoms with E-state index in [1.165, 1.54) is 0 Å². The molecule has 1 aliphatic heterocycles. The number of hydrogen-bond acceptors (Lipinski definition) is 5. The average Bonchev–Trinajstić information content (AvgIpc) is 2.96. The molecule has 7 heteroatoms. The predicted molar refractivity (Wildman–Crippen MR) is 128 cm³/mol. The van der Waals surface area contributed by atoms with Gasteiger partial charge in [0.2, 0.25) is 12.3 Å². The molecule has 0 radical (unpaired) electrons. The zero-order chi connectivity index (χ0) is 23.1. The van der Waals surface area contributed by atoms with Gasteiger partial charge in [-0.05, 0) is 48.2 Å². The number of nitrogens with one attached hydrogen (secondary N) is 1. The molecule has 0 spiro atoms. The number of hydrogen-bond donors (Lipinski definition) is 2. The Balaban J connectivity index is 1.99. The van der Waals surface area contributed by atoms with E-state index in [2.05, 4.69) is 24.2 Å². The first-order valence-corrected chi connectivity index (χ1v) is 10.8. The quantitative estimate of drug-likeness (QED) is 0.581. The summed E-state index contributed by atoms with van der Waals surface area (Å²) in [4.78, 5) is 41.6. The van der Waals surface area contributed by atoms with Crippen molar-refractivity contribution in [1.82, 2.24) is 4.90 Å². The normalized spacial score (nSPS) is 12.7. The second-order valence-electron chi connectivity index (χ2n) is 7.70. The van der Waals surface area contributed by atoms with E-state index in [0.717, 1.165) is 29.5 Å². The zero-order valence-corrected chi connectivity index (χ0v) is 18.4. The summed E-state index contributed by atoms with van der Waals surface area (Å²) in [5.74, 6) is 0.380. The number of aldehydes is 1. The van der Waals surface area contributed by atoms with Crippen LogP contribution in [0.1, 0.15) is 49.0 Å². The van der Waals surface area contributed by atoms with Crippen LogP contribution in [0.5, 0.6) is 0 Å². The standard InChI is InChI=1S/C25H28N4O3/c1-3-9-29(10-4-2)25(32)21-11-19-7-5-18(13-23(19)28-24(26)14-21)17-6-8-20(15-30)22(12-17)27-16-31/h5-8,11-13,15-16H,3-4,9-10,14H2,1-2H3,(H2,26,28)(H,27,31). The van der Waals surface area contributed by atoms with E-state index in [-0.39, 0.29) is 5.91 Å². The number of carbonyl (C=O) groups excluding carboxylic acids is 3. The molecule has 2 aromatic carbocycles. The van der Waals surface area contributed by atoms with Crippen LogP contribution in [-0.4, -0.2) is 42.4 Å². The Kier molecular flexibility index (Phi) is 7.54. The third-order valence-electron chi connectivity index (χ3n) is 5.27. The lowest BCUT2D eigenvalue weighted by molar-refractivity contribution is -0.127. The minimum Gasteiger partial charge on any atom is -0.387 e. The van der Waals surface area contributed by atoms with Gasteiger partial charge in [0.15, 0.2) is 6.29 Å². The first-order chi connectivity index (χ1) is 15.5. The first-order valence-electron chi connectivity index (χ1n) is 10.8. The summed E-state index contributed by atoms with van der Waals surface area (Å²) < 4.78 is 0. The maximum absolute atomic E-state index is 13.1. The van der Waals surface area contributed by atoms with Crippen molar-refractivity contribution >= 4 is 41.9 Å². The van der Waals surface area contributed by atoms with Gasteiger partial charge in [0.25, 0.3) is 0 Å². The van der Waals surface area contributed by atoms with Crippen molar-refractivity contribution in [3.63, 3.8) is 0 Å². The molecule has 0 saturated carbocycles. The van der Waals surface area contributed by atoms with Gasteiger partial charge in [0.05, 0.1) is 11.4 Å². The van der Waals surface area contributed by atoms with Crippen LogP contribution < -0.4 is 11.1 Å². The molecule has 3 N–H and O–H groups in total. The van der Waals surface area contributed by atoms with Crippen molar-refractivity contribution in [2.24, 2.45) is 10.7 Å². The van der Waals surface area contributed by atoms with Gasteiger partial charge >= 0.3 is 0 Å². The molecule has 7 nitrogen and oxygen atoms in total. The van der Waals surface area contributed by atoms with E-state index in [0.29, 0.717) is 60.6 Å². The van der Waals surface area contributed by atoms with E-state index >= 15 is 0 Å². The van der Waals surface area contributed by atoms with Crippen molar-refractivity contribution in [2.75, 3.05) is 18.4 Å². The third kappa shape index (κ3) is 5.11. The first kappa shape index (κ1) is 22.9. The molecule has 1 aliphatic rings. The molecule has 0 fully saturated rings. The number of aliphatic imine (C=N–C) groups is 1. The molecule has 1 heterocycles. The fourth-order valence-corrected chi connectivity index (χ4v) is 3.79. The highest BCUT2D eigenvalue weighted by atomic mass is 16.2. The number of nitrogens with zero attached hydrogens (tertiary/aromatic N) is 2. The average molecular weight is 433 g/mol. The van der Waals surface area contributed by atoms with Gasteiger partial charge < -0.3 is 16.0 Å². The van der Waals surface area contributed by atoms with E-state index in [4.69, 9.17) is 5.73 Å². The minimum atomic E-state index is -0.00203. The lowest BCUT2D eigenvalue weighted by atomic mass is 9.99. The summed E-state index contributed by atoms with van der Waals surface area (Å²) in [5.41, 5.74) is 10.8. The zero-order valence-electron chi connectivity index (χ0n) is 18.4. The summed E-state index contributed by atoms with van der Waals surface area (Å²) in [6.45, 7) is 5.53. The van der Waals surface area contributed by atoms with Crippen LogP contribution in [0.25, 0.3) is 17.2 Å². The van der Waals surface area contributed by atoms with Gasteiger partial charge in [-0.15, -0.1) is 0 Å². The Morgan fingerprint density at radius 1 is 1.09 bits per heavy atom. The number of carbonyl (C=O) groups is 3. The number of nitrogens with two attached hydrogens (primary N) is 1. The largest absolute Gasteiger partial charge is 0.387 e. The summed E-state index contributed by atoms with van der Waals surface area (Å²) in [7, 11) is 0. The van der Waals surface area contributed by atoms with Crippen molar-refractivity contribution in [3.8, 4) is 11.1 Å². The Labute approximate surface area is 188 Å². The molecule has 0 aromatic heterocycles. The molecule has 2 amide bonds. The van der Waals surface area contributed by atoms with E-state index in [1.54, 1.807) is 12.1 Å². The van der Waals surface area contributed by atoms with Crippen LogP contribution in [0.15, 0.2) is 47.0 Å². The maximum atomic E-state index is 13.1. The number of amides is 2. The Morgan fingerprint density at radius 2 is 1.78 bits per heavy atom. The molecule has 32 heavy (non-hydrogen) atoms. The lowest BCUT2D eigenvalue weighted by Gasteiger charge is -2.22. The highest BCUT2D eigenvalue weighted by Gasteiger charge is 2.21. The van der Waals surface area contributed by atoms with E-state index in [9.17, 15) is 14.4 Å². The van der Waals surface area contributed by atoms with Crippen LogP contribution >= 0.6 is 0 Å². The Morgan fingerprint density at radius 3 is 2.44 bits per heavy atom. The van der Waals surface area contributed by atoms with Crippen LogP contribution in [-0.2, 0) is 9.59 Å². The van der Waals surface area contributed by atoms with Gasteiger partial charge in [-0.3, -0.25) is 14.4 Å². The molecule has 0 atom stereocenters. The van der Waals surface area contributed by atoms with Gasteiger partial charge in [-0.1, -0.05) is 32.0 Å². The van der Waals surface area contributed by atoms with Crippen LogP contribution in [0, 0.1) is 0 Å². The number of benzene rings is 2. The van der Waals surface area contributed by atoms with Gasteiger partial charge in [-0.25, -0.2) is 4.99 Å². The fraction of sp³-hybridized carbons (Fsp3) is 0.280. The Bertz CT molecular complexity index is 1080. The van der Waals surface area contributed by atoms with Crippen LogP contribution in [0.4, 0.5) is 11.4 Å². The van der Waals surface area contributed by atoms with E-state index in [1.807, 2.05) is 35.2 Å². The second kappa shape index (κ2) is 10.5. The fourth-order valence-electron chi connectivity index (χ4n) is 3.79. The topological polar surface area (TPSA) is 105 Å². The van der Waals surface area contributed by atoms with Gasteiger partial charge in [-0.2, -0.15) is 0 Å². The predicted octanol–water partition coefficient (Wildman–Crippen LogP) is 4.16. The highest BCUT2D eigenvalue weighted by Crippen LogP contribution is 2.33. The molecule has 2 aromatic rings. The highest BCUT2D eigenvalue weighted by molar-refractivity contribution is 6.05. The number of rotatable bonds is 9. The smallest absolute Gasteiger partial charge is 0.250 e. The molecule has 0 bridgehead atoms. The molecule has 0 saturated heterocycles.